The van der Waals surface area contributed by atoms with Crippen LogP contribution in [0.25, 0.3) is 0 Å². The van der Waals surface area contributed by atoms with Crippen molar-refractivity contribution in [2.45, 2.75) is 31.7 Å². The molecule has 6 nitrogen and oxygen atoms in total. The van der Waals surface area contributed by atoms with Gasteiger partial charge >= 0.3 is 5.97 Å². The Hall–Kier alpha value is -2.71. The van der Waals surface area contributed by atoms with Crippen LogP contribution in [0.5, 0.6) is 0 Å². The number of ether oxygens (including phenoxy) is 1. The Kier molecular flexibility index (Phi) is 6.58. The number of esters is 1. The summed E-state index contributed by atoms with van der Waals surface area (Å²) < 4.78 is 31.0. The second-order valence-electron chi connectivity index (χ2n) is 7.03. The summed E-state index contributed by atoms with van der Waals surface area (Å²) in [6.45, 7) is 4.11. The van der Waals surface area contributed by atoms with E-state index in [1.807, 2.05) is 25.3 Å². The molecule has 0 fully saturated rings. The van der Waals surface area contributed by atoms with E-state index in [-0.39, 0.29) is 16.2 Å². The third kappa shape index (κ3) is 4.88. The molecule has 0 aliphatic heterocycles. The summed E-state index contributed by atoms with van der Waals surface area (Å²) in [5.74, 6) is -1.16. The van der Waals surface area contributed by atoms with Crippen molar-refractivity contribution in [3.8, 4) is 0 Å². The lowest BCUT2D eigenvalue weighted by atomic mass is 10.1. The largest absolute Gasteiger partial charge is 0.454 e. The van der Waals surface area contributed by atoms with Crippen molar-refractivity contribution in [1.82, 2.24) is 4.57 Å². The zero-order valence-electron chi connectivity index (χ0n) is 17.0. The zero-order chi connectivity index (χ0) is 21.9. The number of aromatic nitrogens is 1. The maximum Gasteiger partial charge on any atom is 0.339 e. The molecular formula is C22H23NO5S2. The summed E-state index contributed by atoms with van der Waals surface area (Å²) in [6, 6.07) is 11.7. The fraction of sp³-hybridized carbons (Fsp3) is 0.273. The molecule has 2 aromatic heterocycles. The second kappa shape index (κ2) is 8.97. The van der Waals surface area contributed by atoms with Crippen LogP contribution in [0.3, 0.4) is 0 Å². The van der Waals surface area contributed by atoms with E-state index in [0.29, 0.717) is 5.56 Å². The van der Waals surface area contributed by atoms with Gasteiger partial charge in [-0.15, -0.1) is 11.3 Å². The molecule has 0 aliphatic carbocycles. The number of sulfone groups is 1. The Morgan fingerprint density at radius 2 is 1.80 bits per heavy atom. The maximum absolute atomic E-state index is 12.7. The molecule has 0 amide bonds. The normalized spacial score (nSPS) is 11.4. The Bertz CT molecular complexity index is 1170. The first kappa shape index (κ1) is 22.0. The third-order valence-corrected chi connectivity index (χ3v) is 6.97. The monoisotopic (exact) mass is 445 g/mol. The number of hydrogen-bond acceptors (Lipinski definition) is 6. The Morgan fingerprint density at radius 1 is 1.07 bits per heavy atom. The number of aryl methyl sites for hydroxylation is 2. The van der Waals surface area contributed by atoms with Gasteiger partial charge in [0.2, 0.25) is 5.78 Å². The van der Waals surface area contributed by atoms with Crippen LogP contribution in [0, 0.1) is 13.8 Å². The number of benzene rings is 1. The van der Waals surface area contributed by atoms with Gasteiger partial charge in [0.25, 0.3) is 0 Å². The van der Waals surface area contributed by atoms with Gasteiger partial charge in [-0.05, 0) is 49.9 Å². The van der Waals surface area contributed by atoms with Crippen molar-refractivity contribution in [2.75, 3.05) is 12.9 Å². The van der Waals surface area contributed by atoms with Crippen LogP contribution in [-0.4, -0.2) is 37.6 Å². The molecule has 0 spiro atoms. The van der Waals surface area contributed by atoms with Gasteiger partial charge in [0.05, 0.1) is 10.5 Å². The molecule has 3 aromatic rings. The first-order chi connectivity index (χ1) is 14.2. The van der Waals surface area contributed by atoms with Gasteiger partial charge in [-0.3, -0.25) is 4.79 Å². The Morgan fingerprint density at radius 3 is 2.47 bits per heavy atom. The van der Waals surface area contributed by atoms with Gasteiger partial charge in [0.1, 0.15) is 0 Å². The molecular weight excluding hydrogens is 422 g/mol. The molecule has 0 N–H and O–H groups in total. The van der Waals surface area contributed by atoms with Crippen molar-refractivity contribution in [3.05, 3.63) is 75.2 Å². The van der Waals surface area contributed by atoms with Crippen molar-refractivity contribution >= 4 is 32.9 Å². The lowest BCUT2D eigenvalue weighted by molar-refractivity contribution is 0.0470. The summed E-state index contributed by atoms with van der Waals surface area (Å²) in [6.07, 6.45) is 1.90. The van der Waals surface area contributed by atoms with Crippen LogP contribution < -0.4 is 0 Å². The summed E-state index contributed by atoms with van der Waals surface area (Å²) >= 11 is 1.70. The van der Waals surface area contributed by atoms with Gasteiger partial charge < -0.3 is 9.30 Å². The molecule has 2 heterocycles. The van der Waals surface area contributed by atoms with Crippen molar-refractivity contribution in [2.24, 2.45) is 0 Å². The van der Waals surface area contributed by atoms with Crippen LogP contribution in [0.1, 0.15) is 37.0 Å². The number of ketones is 1. The van der Waals surface area contributed by atoms with Gasteiger partial charge in [-0.2, -0.15) is 0 Å². The predicted octanol–water partition coefficient (Wildman–Crippen LogP) is 3.85. The molecule has 8 heteroatoms. The second-order valence-corrected chi connectivity index (χ2v) is 10.0. The molecule has 0 radical (unpaired) electrons. The minimum absolute atomic E-state index is 0.0748. The molecule has 0 atom stereocenters. The van der Waals surface area contributed by atoms with Gasteiger partial charge in [0, 0.05) is 34.6 Å². The summed E-state index contributed by atoms with van der Waals surface area (Å²) in [4.78, 5) is 26.2. The third-order valence-electron chi connectivity index (χ3n) is 4.88. The summed E-state index contributed by atoms with van der Waals surface area (Å²) in [5, 5.41) is 2.04. The zero-order valence-corrected chi connectivity index (χ0v) is 18.7. The average Bonchev–Trinajstić information content (AvgIpc) is 3.32. The highest BCUT2D eigenvalue weighted by molar-refractivity contribution is 7.90. The highest BCUT2D eigenvalue weighted by atomic mass is 32.2. The van der Waals surface area contributed by atoms with Gasteiger partial charge in [0.15, 0.2) is 16.4 Å². The topological polar surface area (TPSA) is 82.4 Å². The highest BCUT2D eigenvalue weighted by Gasteiger charge is 2.22. The van der Waals surface area contributed by atoms with E-state index in [1.54, 1.807) is 23.5 Å². The van der Waals surface area contributed by atoms with Crippen LogP contribution in [0.2, 0.25) is 0 Å². The Labute approximate surface area is 180 Å². The number of rotatable bonds is 8. The predicted molar refractivity (Wildman–Crippen MR) is 116 cm³/mol. The fourth-order valence-corrected chi connectivity index (χ4v) is 4.92. The first-order valence-electron chi connectivity index (χ1n) is 9.37. The van der Waals surface area contributed by atoms with E-state index in [2.05, 4.69) is 10.6 Å². The molecule has 0 unspecified atom stereocenters. The Balaban J connectivity index is 1.70. The van der Waals surface area contributed by atoms with Crippen LogP contribution >= 0.6 is 11.3 Å². The summed E-state index contributed by atoms with van der Waals surface area (Å²) in [7, 11) is -3.59. The lowest BCUT2D eigenvalue weighted by Crippen LogP contribution is -2.17. The minimum atomic E-state index is -3.59. The average molecular weight is 446 g/mol. The maximum atomic E-state index is 12.7. The van der Waals surface area contributed by atoms with E-state index in [0.717, 1.165) is 30.6 Å². The van der Waals surface area contributed by atoms with Crippen LogP contribution in [0.15, 0.2) is 52.7 Å². The standard InChI is InChI=1S/C22H23NO5S2/c1-15-13-19(16(2)23(15)11-10-17-7-6-12-29-17)20(24)14-28-22(25)18-8-4-5-9-21(18)30(3,26)27/h4-9,12-13H,10-11,14H2,1-3H3. The number of thiophene rings is 1. The summed E-state index contributed by atoms with van der Waals surface area (Å²) in [5.41, 5.74) is 2.21. The van der Waals surface area contributed by atoms with Crippen molar-refractivity contribution in [3.63, 3.8) is 0 Å². The number of Topliss-reactive ketones (excluding diaryl/α,β-unsaturated/α-hetero) is 1. The molecule has 3 rings (SSSR count). The van der Waals surface area contributed by atoms with Crippen LogP contribution in [0.4, 0.5) is 0 Å². The van der Waals surface area contributed by atoms with E-state index in [9.17, 15) is 18.0 Å². The molecule has 0 bridgehead atoms. The van der Waals surface area contributed by atoms with E-state index in [1.165, 1.54) is 23.1 Å². The smallest absolute Gasteiger partial charge is 0.339 e. The number of hydrogen-bond donors (Lipinski definition) is 0. The molecule has 30 heavy (non-hydrogen) atoms. The van der Waals surface area contributed by atoms with Crippen LogP contribution in [-0.2, 0) is 27.5 Å². The number of nitrogens with zero attached hydrogens (tertiary/aromatic N) is 1. The quantitative estimate of drug-likeness (QED) is 0.388. The van der Waals surface area contributed by atoms with Gasteiger partial charge in [-0.25, -0.2) is 13.2 Å². The van der Waals surface area contributed by atoms with E-state index >= 15 is 0 Å². The molecule has 0 aliphatic rings. The SMILES string of the molecule is Cc1cc(C(=O)COC(=O)c2ccccc2S(C)(=O)=O)c(C)n1CCc1cccs1. The minimum Gasteiger partial charge on any atom is -0.454 e. The molecule has 0 saturated carbocycles. The molecule has 158 valence electrons. The van der Waals surface area contributed by atoms with E-state index in [4.69, 9.17) is 4.74 Å². The van der Waals surface area contributed by atoms with Gasteiger partial charge in [-0.1, -0.05) is 18.2 Å². The molecule has 1 aromatic carbocycles. The van der Waals surface area contributed by atoms with Crippen molar-refractivity contribution < 1.29 is 22.7 Å². The first-order valence-corrected chi connectivity index (χ1v) is 12.1. The number of carbonyl (C=O) groups is 2. The fourth-order valence-electron chi connectivity index (χ4n) is 3.35. The lowest BCUT2D eigenvalue weighted by Gasteiger charge is -2.10. The van der Waals surface area contributed by atoms with Crippen molar-refractivity contribution in [1.29, 1.82) is 0 Å². The van der Waals surface area contributed by atoms with E-state index < -0.39 is 22.4 Å². The number of carbonyl (C=O) groups excluding carboxylic acids is 2. The highest BCUT2D eigenvalue weighted by Crippen LogP contribution is 2.20. The molecule has 0 saturated heterocycles.